The van der Waals surface area contributed by atoms with Crippen LogP contribution in [-0.4, -0.2) is 29.9 Å². The summed E-state index contributed by atoms with van der Waals surface area (Å²) in [5.74, 6) is 0.705. The Kier molecular flexibility index (Phi) is 5.93. The number of hydrogen-bond donors (Lipinski definition) is 2. The van der Waals surface area contributed by atoms with E-state index in [0.29, 0.717) is 23.8 Å². The predicted molar refractivity (Wildman–Crippen MR) is 75.3 cm³/mol. The zero-order valence-electron chi connectivity index (χ0n) is 11.2. The van der Waals surface area contributed by atoms with Crippen molar-refractivity contribution in [2.75, 3.05) is 13.2 Å². The summed E-state index contributed by atoms with van der Waals surface area (Å²) in [4.78, 5) is 0. The van der Waals surface area contributed by atoms with E-state index in [1.807, 2.05) is 39.0 Å². The van der Waals surface area contributed by atoms with E-state index >= 15 is 0 Å². The zero-order valence-corrected chi connectivity index (χ0v) is 12.0. The van der Waals surface area contributed by atoms with E-state index in [1.165, 1.54) is 0 Å². The number of aliphatic hydroxyl groups is 1. The van der Waals surface area contributed by atoms with Crippen LogP contribution in [0.3, 0.4) is 0 Å². The van der Waals surface area contributed by atoms with Gasteiger partial charge in [0.15, 0.2) is 0 Å². The van der Waals surface area contributed by atoms with E-state index in [1.54, 1.807) is 6.07 Å². The van der Waals surface area contributed by atoms with Crippen LogP contribution in [0.15, 0.2) is 24.3 Å². The quantitative estimate of drug-likeness (QED) is 0.750. The summed E-state index contributed by atoms with van der Waals surface area (Å²) in [5.41, 5.74) is -0.643. The first-order valence-corrected chi connectivity index (χ1v) is 6.59. The van der Waals surface area contributed by atoms with Crippen molar-refractivity contribution in [3.63, 3.8) is 0 Å². The monoisotopic (exact) mass is 271 g/mol. The Morgan fingerprint density at radius 2 is 2.06 bits per heavy atom. The molecule has 0 amide bonds. The standard InChI is InChI=1S/C14H22ClNO2/c1-11(10-14(2,3)17)16-8-9-18-13-7-5-4-6-12(13)15/h4-7,11,16-17H,8-10H2,1-3H3. The minimum atomic E-state index is -0.643. The molecular weight excluding hydrogens is 250 g/mol. The van der Waals surface area contributed by atoms with Gasteiger partial charge in [0.1, 0.15) is 12.4 Å². The van der Waals surface area contributed by atoms with Crippen molar-refractivity contribution in [3.05, 3.63) is 29.3 Å². The highest BCUT2D eigenvalue weighted by atomic mass is 35.5. The minimum absolute atomic E-state index is 0.250. The van der Waals surface area contributed by atoms with Gasteiger partial charge in [-0.05, 0) is 39.3 Å². The summed E-state index contributed by atoms with van der Waals surface area (Å²) in [6.45, 7) is 6.95. The van der Waals surface area contributed by atoms with Gasteiger partial charge in [-0.1, -0.05) is 23.7 Å². The normalized spacial score (nSPS) is 13.4. The van der Waals surface area contributed by atoms with Crippen LogP contribution < -0.4 is 10.1 Å². The summed E-state index contributed by atoms with van der Waals surface area (Å²) in [5, 5.41) is 13.6. The average molecular weight is 272 g/mol. The Morgan fingerprint density at radius 3 is 2.67 bits per heavy atom. The first-order chi connectivity index (χ1) is 8.38. The van der Waals surface area contributed by atoms with Gasteiger partial charge in [0.05, 0.1) is 10.6 Å². The number of nitrogens with one attached hydrogen (secondary N) is 1. The molecule has 0 aliphatic rings. The molecule has 1 rings (SSSR count). The number of benzene rings is 1. The molecule has 2 N–H and O–H groups in total. The van der Waals surface area contributed by atoms with Gasteiger partial charge in [-0.25, -0.2) is 0 Å². The third-order valence-corrected chi connectivity index (χ3v) is 2.81. The molecule has 1 atom stereocenters. The third kappa shape index (κ3) is 6.24. The van der Waals surface area contributed by atoms with Crippen LogP contribution in [0.25, 0.3) is 0 Å². The van der Waals surface area contributed by atoms with E-state index in [9.17, 15) is 5.11 Å². The first kappa shape index (κ1) is 15.3. The Hall–Kier alpha value is -0.770. The van der Waals surface area contributed by atoms with Gasteiger partial charge < -0.3 is 15.2 Å². The van der Waals surface area contributed by atoms with Crippen LogP contribution in [0.2, 0.25) is 5.02 Å². The van der Waals surface area contributed by atoms with Crippen LogP contribution >= 0.6 is 11.6 Å². The van der Waals surface area contributed by atoms with Gasteiger partial charge in [-0.2, -0.15) is 0 Å². The molecular formula is C14H22ClNO2. The molecule has 0 heterocycles. The zero-order chi connectivity index (χ0) is 13.6. The molecule has 0 fully saturated rings. The highest BCUT2D eigenvalue weighted by Crippen LogP contribution is 2.22. The largest absolute Gasteiger partial charge is 0.491 e. The van der Waals surface area contributed by atoms with Crippen LogP contribution in [0.1, 0.15) is 27.2 Å². The molecule has 0 saturated heterocycles. The van der Waals surface area contributed by atoms with Crippen molar-refractivity contribution in [2.45, 2.75) is 38.8 Å². The summed E-state index contributed by atoms with van der Waals surface area (Å²) < 4.78 is 5.56. The van der Waals surface area contributed by atoms with Crippen LogP contribution in [0, 0.1) is 0 Å². The van der Waals surface area contributed by atoms with E-state index in [0.717, 1.165) is 6.54 Å². The Labute approximate surface area is 114 Å². The van der Waals surface area contributed by atoms with Crippen LogP contribution in [-0.2, 0) is 0 Å². The number of hydrogen-bond acceptors (Lipinski definition) is 3. The van der Waals surface area contributed by atoms with Crippen molar-refractivity contribution >= 4 is 11.6 Å². The maximum absolute atomic E-state index is 9.67. The topological polar surface area (TPSA) is 41.5 Å². The van der Waals surface area contributed by atoms with Crippen molar-refractivity contribution in [3.8, 4) is 5.75 Å². The second-order valence-electron chi connectivity index (χ2n) is 5.15. The van der Waals surface area contributed by atoms with Gasteiger partial charge in [0.2, 0.25) is 0 Å². The van der Waals surface area contributed by atoms with Gasteiger partial charge in [-0.3, -0.25) is 0 Å². The van der Waals surface area contributed by atoms with Crippen molar-refractivity contribution < 1.29 is 9.84 Å². The Bertz CT molecular complexity index is 363. The molecule has 18 heavy (non-hydrogen) atoms. The smallest absolute Gasteiger partial charge is 0.137 e. The molecule has 1 aromatic carbocycles. The fourth-order valence-corrected chi connectivity index (χ4v) is 2.04. The van der Waals surface area contributed by atoms with Crippen LogP contribution in [0.5, 0.6) is 5.75 Å². The molecule has 0 spiro atoms. The van der Waals surface area contributed by atoms with Gasteiger partial charge in [-0.15, -0.1) is 0 Å². The van der Waals surface area contributed by atoms with Crippen LogP contribution in [0.4, 0.5) is 0 Å². The summed E-state index contributed by atoms with van der Waals surface area (Å²) >= 11 is 5.97. The number of halogens is 1. The molecule has 1 aromatic rings. The Morgan fingerprint density at radius 1 is 1.39 bits per heavy atom. The number of para-hydroxylation sites is 1. The van der Waals surface area contributed by atoms with Gasteiger partial charge >= 0.3 is 0 Å². The summed E-state index contributed by atoms with van der Waals surface area (Å²) in [7, 11) is 0. The van der Waals surface area contributed by atoms with E-state index in [2.05, 4.69) is 5.32 Å². The molecule has 4 heteroatoms. The maximum atomic E-state index is 9.67. The number of rotatable bonds is 7. The lowest BCUT2D eigenvalue weighted by molar-refractivity contribution is 0.0608. The molecule has 102 valence electrons. The molecule has 0 radical (unpaired) electrons. The minimum Gasteiger partial charge on any atom is -0.491 e. The fourth-order valence-electron chi connectivity index (χ4n) is 1.85. The van der Waals surface area contributed by atoms with E-state index in [4.69, 9.17) is 16.3 Å². The lowest BCUT2D eigenvalue weighted by Crippen LogP contribution is -2.36. The van der Waals surface area contributed by atoms with E-state index < -0.39 is 5.60 Å². The molecule has 0 aromatic heterocycles. The SMILES string of the molecule is CC(CC(C)(C)O)NCCOc1ccccc1Cl. The van der Waals surface area contributed by atoms with Gasteiger partial charge in [0, 0.05) is 12.6 Å². The van der Waals surface area contributed by atoms with Gasteiger partial charge in [0.25, 0.3) is 0 Å². The molecule has 0 bridgehead atoms. The summed E-state index contributed by atoms with van der Waals surface area (Å²) in [6.07, 6.45) is 0.707. The third-order valence-electron chi connectivity index (χ3n) is 2.49. The lowest BCUT2D eigenvalue weighted by Gasteiger charge is -2.23. The first-order valence-electron chi connectivity index (χ1n) is 6.21. The fraction of sp³-hybridized carbons (Fsp3) is 0.571. The predicted octanol–water partition coefficient (Wildman–Crippen LogP) is 2.86. The molecule has 3 nitrogen and oxygen atoms in total. The van der Waals surface area contributed by atoms with E-state index in [-0.39, 0.29) is 6.04 Å². The highest BCUT2D eigenvalue weighted by molar-refractivity contribution is 6.32. The maximum Gasteiger partial charge on any atom is 0.137 e. The lowest BCUT2D eigenvalue weighted by atomic mass is 10.0. The average Bonchev–Trinajstić information content (AvgIpc) is 2.24. The van der Waals surface area contributed by atoms with Crippen molar-refractivity contribution in [2.24, 2.45) is 0 Å². The number of ether oxygens (including phenoxy) is 1. The molecule has 1 unspecified atom stereocenters. The Balaban J connectivity index is 2.21. The van der Waals surface area contributed by atoms with Crippen molar-refractivity contribution in [1.29, 1.82) is 0 Å². The second-order valence-corrected chi connectivity index (χ2v) is 5.56. The summed E-state index contributed by atoms with van der Waals surface area (Å²) in [6, 6.07) is 7.67. The molecule has 0 aliphatic carbocycles. The molecule has 0 saturated carbocycles. The molecule has 0 aliphatic heterocycles. The highest BCUT2D eigenvalue weighted by Gasteiger charge is 2.16. The van der Waals surface area contributed by atoms with Crippen molar-refractivity contribution in [1.82, 2.24) is 5.32 Å². The second kappa shape index (κ2) is 6.98.